The van der Waals surface area contributed by atoms with Crippen LogP contribution in [0.1, 0.15) is 38.3 Å². The SMILES string of the molecule is CC[C@H](C)NC(=O)[C@@H](C)N(Cc1ccccc1)C(=O)CN(c1ccccc1C)S(=O)(=O)c1ccc(Cl)cc1. The molecule has 0 aliphatic heterocycles. The molecule has 38 heavy (non-hydrogen) atoms. The van der Waals surface area contributed by atoms with Crippen molar-refractivity contribution in [1.82, 2.24) is 10.2 Å². The van der Waals surface area contributed by atoms with Crippen LogP contribution in [0.3, 0.4) is 0 Å². The highest BCUT2D eigenvalue weighted by Gasteiger charge is 2.33. The molecule has 2 amide bonds. The maximum absolute atomic E-state index is 13.9. The number of anilines is 1. The van der Waals surface area contributed by atoms with Crippen LogP contribution in [0.4, 0.5) is 5.69 Å². The van der Waals surface area contributed by atoms with E-state index in [1.165, 1.54) is 29.2 Å². The Balaban J connectivity index is 2.02. The molecule has 202 valence electrons. The van der Waals surface area contributed by atoms with Gasteiger partial charge in [-0.3, -0.25) is 13.9 Å². The minimum atomic E-state index is -4.14. The van der Waals surface area contributed by atoms with E-state index >= 15 is 0 Å². The molecule has 9 heteroatoms. The molecule has 7 nitrogen and oxygen atoms in total. The van der Waals surface area contributed by atoms with Gasteiger partial charge in [-0.1, -0.05) is 67.1 Å². The molecule has 3 aromatic rings. The van der Waals surface area contributed by atoms with E-state index in [4.69, 9.17) is 11.6 Å². The molecule has 0 radical (unpaired) electrons. The lowest BCUT2D eigenvalue weighted by Crippen LogP contribution is -2.52. The average molecular weight is 556 g/mol. The van der Waals surface area contributed by atoms with Crippen molar-refractivity contribution in [2.24, 2.45) is 0 Å². The zero-order valence-corrected chi connectivity index (χ0v) is 23.7. The van der Waals surface area contributed by atoms with Crippen molar-refractivity contribution in [2.75, 3.05) is 10.8 Å². The molecule has 0 heterocycles. The van der Waals surface area contributed by atoms with Crippen LogP contribution < -0.4 is 9.62 Å². The van der Waals surface area contributed by atoms with Gasteiger partial charge < -0.3 is 10.2 Å². The van der Waals surface area contributed by atoms with Gasteiger partial charge in [0.25, 0.3) is 10.0 Å². The van der Waals surface area contributed by atoms with Gasteiger partial charge in [-0.2, -0.15) is 0 Å². The van der Waals surface area contributed by atoms with E-state index in [1.807, 2.05) is 44.2 Å². The number of hydrogen-bond donors (Lipinski definition) is 1. The lowest BCUT2D eigenvalue weighted by molar-refractivity contribution is -0.139. The zero-order valence-electron chi connectivity index (χ0n) is 22.1. The Hall–Kier alpha value is -3.36. The van der Waals surface area contributed by atoms with Gasteiger partial charge >= 0.3 is 0 Å². The van der Waals surface area contributed by atoms with Gasteiger partial charge in [0, 0.05) is 17.6 Å². The Bertz CT molecular complexity index is 1350. The van der Waals surface area contributed by atoms with Crippen LogP contribution in [0.5, 0.6) is 0 Å². The highest BCUT2D eigenvalue weighted by Crippen LogP contribution is 2.28. The van der Waals surface area contributed by atoms with Gasteiger partial charge in [-0.25, -0.2) is 8.42 Å². The van der Waals surface area contributed by atoms with Crippen LogP contribution in [0, 0.1) is 6.92 Å². The third-order valence-corrected chi connectivity index (χ3v) is 8.45. The lowest BCUT2D eigenvalue weighted by atomic mass is 10.1. The van der Waals surface area contributed by atoms with Crippen LogP contribution in [-0.2, 0) is 26.2 Å². The maximum atomic E-state index is 13.9. The fraction of sp³-hybridized carbons (Fsp3) is 0.310. The molecule has 0 aliphatic rings. The Kier molecular flexibility index (Phi) is 9.94. The summed E-state index contributed by atoms with van der Waals surface area (Å²) in [6.07, 6.45) is 0.742. The van der Waals surface area contributed by atoms with E-state index < -0.39 is 28.5 Å². The summed E-state index contributed by atoms with van der Waals surface area (Å²) in [6, 6.07) is 21.2. The van der Waals surface area contributed by atoms with E-state index in [2.05, 4.69) is 5.32 Å². The van der Waals surface area contributed by atoms with Crippen LogP contribution in [0.25, 0.3) is 0 Å². The van der Waals surface area contributed by atoms with E-state index in [-0.39, 0.29) is 23.4 Å². The number of carbonyl (C=O) groups excluding carboxylic acids is 2. The largest absolute Gasteiger partial charge is 0.352 e. The molecule has 1 N–H and O–H groups in total. The molecule has 0 aromatic heterocycles. The van der Waals surface area contributed by atoms with E-state index in [0.29, 0.717) is 16.3 Å². The van der Waals surface area contributed by atoms with E-state index in [9.17, 15) is 18.0 Å². The number of nitrogens with zero attached hydrogens (tertiary/aromatic N) is 2. The summed E-state index contributed by atoms with van der Waals surface area (Å²) in [5.41, 5.74) is 1.90. The molecular formula is C29H34ClN3O4S. The number of para-hydroxylation sites is 1. The zero-order chi connectivity index (χ0) is 27.9. The average Bonchev–Trinajstić information content (AvgIpc) is 2.91. The predicted molar refractivity (Wildman–Crippen MR) is 152 cm³/mol. The first kappa shape index (κ1) is 29.2. The molecule has 3 rings (SSSR count). The summed E-state index contributed by atoms with van der Waals surface area (Å²) >= 11 is 5.99. The quantitative estimate of drug-likeness (QED) is 0.353. The molecule has 2 atom stereocenters. The van der Waals surface area contributed by atoms with Gasteiger partial charge in [-0.05, 0) is 68.7 Å². The smallest absolute Gasteiger partial charge is 0.264 e. The Morgan fingerprint density at radius 2 is 1.53 bits per heavy atom. The molecule has 0 aliphatic carbocycles. The predicted octanol–water partition coefficient (Wildman–Crippen LogP) is 5.18. The fourth-order valence-electron chi connectivity index (χ4n) is 3.92. The van der Waals surface area contributed by atoms with E-state index in [1.54, 1.807) is 38.1 Å². The molecule has 0 bridgehead atoms. The fourth-order valence-corrected chi connectivity index (χ4v) is 5.52. The summed E-state index contributed by atoms with van der Waals surface area (Å²) in [4.78, 5) is 28.4. The van der Waals surface area contributed by atoms with Gasteiger partial charge in [0.15, 0.2) is 0 Å². The number of halogens is 1. The minimum absolute atomic E-state index is 0.00937. The third kappa shape index (κ3) is 7.14. The molecule has 0 saturated carbocycles. The van der Waals surface area contributed by atoms with Crippen molar-refractivity contribution >= 4 is 39.1 Å². The normalized spacial score (nSPS) is 12.9. The highest BCUT2D eigenvalue weighted by atomic mass is 35.5. The van der Waals surface area contributed by atoms with Crippen molar-refractivity contribution in [3.63, 3.8) is 0 Å². The van der Waals surface area contributed by atoms with Crippen LogP contribution in [-0.4, -0.2) is 43.8 Å². The summed E-state index contributed by atoms with van der Waals surface area (Å²) in [5.74, 6) is -0.798. The summed E-state index contributed by atoms with van der Waals surface area (Å²) in [7, 11) is -4.14. The number of benzene rings is 3. The van der Waals surface area contributed by atoms with Crippen LogP contribution >= 0.6 is 11.6 Å². The standard InChI is InChI=1S/C29H34ClN3O4S/c1-5-22(3)31-29(35)23(4)32(19-24-12-7-6-8-13-24)28(34)20-33(27-14-10-9-11-21(27)2)38(36,37)26-17-15-25(30)16-18-26/h6-18,22-23H,5,19-20H2,1-4H3,(H,31,35)/t22-,23+/m0/s1. The minimum Gasteiger partial charge on any atom is -0.352 e. The number of rotatable bonds is 11. The number of sulfonamides is 1. The Morgan fingerprint density at radius 3 is 2.13 bits per heavy atom. The van der Waals surface area contributed by atoms with Crippen molar-refractivity contribution in [1.29, 1.82) is 0 Å². The molecule has 0 fully saturated rings. The molecule has 3 aromatic carbocycles. The molecule has 0 unspecified atom stereocenters. The number of nitrogens with one attached hydrogen (secondary N) is 1. The number of carbonyl (C=O) groups is 2. The molecule has 0 spiro atoms. The second kappa shape index (κ2) is 12.9. The first-order valence-electron chi connectivity index (χ1n) is 12.5. The van der Waals surface area contributed by atoms with Gasteiger partial charge in [-0.15, -0.1) is 0 Å². The van der Waals surface area contributed by atoms with E-state index in [0.717, 1.165) is 16.3 Å². The molecule has 0 saturated heterocycles. The second-order valence-corrected chi connectivity index (χ2v) is 11.6. The lowest BCUT2D eigenvalue weighted by Gasteiger charge is -2.33. The van der Waals surface area contributed by atoms with Gasteiger partial charge in [0.2, 0.25) is 11.8 Å². The Morgan fingerprint density at radius 1 is 0.921 bits per heavy atom. The molecular weight excluding hydrogens is 522 g/mol. The second-order valence-electron chi connectivity index (χ2n) is 9.25. The number of amides is 2. The van der Waals surface area contributed by atoms with Gasteiger partial charge in [0.05, 0.1) is 10.6 Å². The number of aryl methyl sites for hydroxylation is 1. The monoisotopic (exact) mass is 555 g/mol. The summed E-state index contributed by atoms with van der Waals surface area (Å²) in [5, 5.41) is 3.33. The maximum Gasteiger partial charge on any atom is 0.264 e. The van der Waals surface area contributed by atoms with Crippen LogP contribution in [0.2, 0.25) is 5.02 Å². The van der Waals surface area contributed by atoms with Crippen molar-refractivity contribution < 1.29 is 18.0 Å². The first-order valence-corrected chi connectivity index (χ1v) is 14.3. The summed E-state index contributed by atoms with van der Waals surface area (Å²) in [6.45, 7) is 6.97. The summed E-state index contributed by atoms with van der Waals surface area (Å²) < 4.78 is 28.8. The van der Waals surface area contributed by atoms with Crippen molar-refractivity contribution in [3.8, 4) is 0 Å². The van der Waals surface area contributed by atoms with Gasteiger partial charge in [0.1, 0.15) is 12.6 Å². The Labute approximate surface area is 230 Å². The van der Waals surface area contributed by atoms with Crippen molar-refractivity contribution in [2.45, 2.75) is 57.6 Å². The van der Waals surface area contributed by atoms with Crippen LogP contribution in [0.15, 0.2) is 83.8 Å². The van der Waals surface area contributed by atoms with Crippen molar-refractivity contribution in [3.05, 3.63) is 95.0 Å². The number of hydrogen-bond acceptors (Lipinski definition) is 4. The first-order chi connectivity index (χ1) is 18.0. The highest BCUT2D eigenvalue weighted by molar-refractivity contribution is 7.92. The third-order valence-electron chi connectivity index (χ3n) is 6.43. The topological polar surface area (TPSA) is 86.8 Å².